The Morgan fingerprint density at radius 3 is 2.86 bits per heavy atom. The molecule has 118 valence electrons. The van der Waals surface area contributed by atoms with Gasteiger partial charge < -0.3 is 15.4 Å². The van der Waals surface area contributed by atoms with E-state index < -0.39 is 0 Å². The zero-order valence-corrected chi connectivity index (χ0v) is 13.3. The second kappa shape index (κ2) is 9.64. The molecule has 1 aliphatic heterocycles. The third-order valence-corrected chi connectivity index (χ3v) is 3.70. The van der Waals surface area contributed by atoms with Crippen molar-refractivity contribution < 1.29 is 9.53 Å². The fourth-order valence-electron chi connectivity index (χ4n) is 2.33. The Morgan fingerprint density at radius 2 is 2.19 bits per heavy atom. The van der Waals surface area contributed by atoms with Gasteiger partial charge in [-0.1, -0.05) is 25.1 Å². The monoisotopic (exact) mass is 312 g/mol. The van der Waals surface area contributed by atoms with Crippen LogP contribution < -0.4 is 15.4 Å². The van der Waals surface area contributed by atoms with Crippen molar-refractivity contribution in [3.8, 4) is 5.75 Å². The standard InChI is InChI=1S/C16H24N2O2.ClH/c1-13(9-11-20-15-7-3-2-4-8-15)16(19)18-12-14-6-5-10-17-14;/h2-4,7-8,13-14,17H,5-6,9-12H2,1H3,(H,18,19);1H. The van der Waals surface area contributed by atoms with Crippen LogP contribution in [0.3, 0.4) is 0 Å². The molecule has 1 aromatic carbocycles. The largest absolute Gasteiger partial charge is 0.494 e. The van der Waals surface area contributed by atoms with E-state index in [2.05, 4.69) is 10.6 Å². The molecule has 0 aliphatic carbocycles. The number of hydrogen-bond donors (Lipinski definition) is 2. The van der Waals surface area contributed by atoms with Crippen LogP contribution in [0.15, 0.2) is 30.3 Å². The molecule has 2 N–H and O–H groups in total. The summed E-state index contributed by atoms with van der Waals surface area (Å²) in [6.45, 7) is 4.33. The van der Waals surface area contributed by atoms with Crippen molar-refractivity contribution in [3.63, 3.8) is 0 Å². The highest BCUT2D eigenvalue weighted by Gasteiger charge is 2.17. The van der Waals surface area contributed by atoms with Crippen molar-refractivity contribution >= 4 is 18.3 Å². The van der Waals surface area contributed by atoms with Crippen LogP contribution in [0, 0.1) is 5.92 Å². The molecule has 4 nitrogen and oxygen atoms in total. The molecule has 1 heterocycles. The van der Waals surface area contributed by atoms with E-state index in [1.807, 2.05) is 37.3 Å². The first-order valence-corrected chi connectivity index (χ1v) is 7.44. The zero-order chi connectivity index (χ0) is 14.2. The number of hydrogen-bond acceptors (Lipinski definition) is 3. The van der Waals surface area contributed by atoms with Crippen LogP contribution >= 0.6 is 12.4 Å². The molecule has 2 atom stereocenters. The lowest BCUT2D eigenvalue weighted by atomic mass is 10.1. The number of carbonyl (C=O) groups is 1. The second-order valence-corrected chi connectivity index (χ2v) is 5.39. The molecule has 1 saturated heterocycles. The van der Waals surface area contributed by atoms with Gasteiger partial charge in [0.15, 0.2) is 0 Å². The fraction of sp³-hybridized carbons (Fsp3) is 0.562. The second-order valence-electron chi connectivity index (χ2n) is 5.39. The Labute approximate surface area is 133 Å². The number of rotatable bonds is 7. The molecular weight excluding hydrogens is 288 g/mol. The number of amides is 1. The number of ether oxygens (including phenoxy) is 1. The van der Waals surface area contributed by atoms with Crippen LogP contribution in [0.25, 0.3) is 0 Å². The van der Waals surface area contributed by atoms with Crippen LogP contribution in [0.5, 0.6) is 5.75 Å². The molecule has 5 heteroatoms. The van der Waals surface area contributed by atoms with E-state index >= 15 is 0 Å². The van der Waals surface area contributed by atoms with Crippen LogP contribution in [0.1, 0.15) is 26.2 Å². The summed E-state index contributed by atoms with van der Waals surface area (Å²) in [5.74, 6) is 0.964. The lowest BCUT2D eigenvalue weighted by Gasteiger charge is -2.15. The average Bonchev–Trinajstić information content (AvgIpc) is 2.99. The Morgan fingerprint density at radius 1 is 1.43 bits per heavy atom. The maximum atomic E-state index is 11.9. The molecule has 21 heavy (non-hydrogen) atoms. The van der Waals surface area contributed by atoms with Gasteiger partial charge in [-0.3, -0.25) is 4.79 Å². The minimum Gasteiger partial charge on any atom is -0.494 e. The van der Waals surface area contributed by atoms with E-state index in [4.69, 9.17) is 4.74 Å². The van der Waals surface area contributed by atoms with E-state index in [9.17, 15) is 4.79 Å². The molecule has 1 aliphatic rings. The van der Waals surface area contributed by atoms with Crippen molar-refractivity contribution in [2.45, 2.75) is 32.2 Å². The number of halogens is 1. The quantitative estimate of drug-likeness (QED) is 0.813. The molecule has 2 unspecified atom stereocenters. The summed E-state index contributed by atoms with van der Waals surface area (Å²) in [5, 5.41) is 6.39. The summed E-state index contributed by atoms with van der Waals surface area (Å²) < 4.78 is 5.61. The molecule has 0 radical (unpaired) electrons. The van der Waals surface area contributed by atoms with Crippen molar-refractivity contribution in [2.75, 3.05) is 19.7 Å². The van der Waals surface area contributed by atoms with Crippen LogP contribution in [-0.4, -0.2) is 31.6 Å². The SMILES string of the molecule is CC(CCOc1ccccc1)C(=O)NCC1CCCN1.Cl. The normalized spacial score (nSPS) is 18.6. The fourth-order valence-corrected chi connectivity index (χ4v) is 2.33. The van der Waals surface area contributed by atoms with Crippen molar-refractivity contribution in [2.24, 2.45) is 5.92 Å². The molecule has 0 saturated carbocycles. The topological polar surface area (TPSA) is 50.4 Å². The van der Waals surface area contributed by atoms with E-state index in [-0.39, 0.29) is 24.2 Å². The number of para-hydroxylation sites is 1. The molecule has 1 fully saturated rings. The minimum absolute atomic E-state index is 0. The molecule has 1 amide bonds. The summed E-state index contributed by atoms with van der Waals surface area (Å²) in [7, 11) is 0. The Kier molecular flexibility index (Phi) is 8.16. The zero-order valence-electron chi connectivity index (χ0n) is 12.5. The van der Waals surface area contributed by atoms with E-state index in [0.717, 1.165) is 31.7 Å². The van der Waals surface area contributed by atoms with Gasteiger partial charge in [-0.15, -0.1) is 12.4 Å². The predicted octanol–water partition coefficient (Wildman–Crippen LogP) is 2.38. The van der Waals surface area contributed by atoms with Crippen LogP contribution in [0.4, 0.5) is 0 Å². The number of nitrogens with one attached hydrogen (secondary N) is 2. The van der Waals surface area contributed by atoms with Gasteiger partial charge in [-0.05, 0) is 37.9 Å². The summed E-state index contributed by atoms with van der Waals surface area (Å²) in [6.07, 6.45) is 3.10. The Hall–Kier alpha value is -1.26. The van der Waals surface area contributed by atoms with Crippen molar-refractivity contribution in [1.29, 1.82) is 0 Å². The highest BCUT2D eigenvalue weighted by atomic mass is 35.5. The highest BCUT2D eigenvalue weighted by Crippen LogP contribution is 2.10. The summed E-state index contributed by atoms with van der Waals surface area (Å²) in [6, 6.07) is 10.2. The molecule has 1 aromatic rings. The average molecular weight is 313 g/mol. The summed E-state index contributed by atoms with van der Waals surface area (Å²) in [4.78, 5) is 11.9. The van der Waals surface area contributed by atoms with Gasteiger partial charge in [-0.2, -0.15) is 0 Å². The lowest BCUT2D eigenvalue weighted by Crippen LogP contribution is -2.39. The van der Waals surface area contributed by atoms with Gasteiger partial charge in [0.2, 0.25) is 5.91 Å². The predicted molar refractivity (Wildman–Crippen MR) is 87.0 cm³/mol. The maximum Gasteiger partial charge on any atom is 0.223 e. The third kappa shape index (κ3) is 6.36. The van der Waals surface area contributed by atoms with Gasteiger partial charge in [-0.25, -0.2) is 0 Å². The third-order valence-electron chi connectivity index (χ3n) is 3.70. The van der Waals surface area contributed by atoms with Gasteiger partial charge in [0.05, 0.1) is 6.61 Å². The van der Waals surface area contributed by atoms with E-state index in [1.165, 1.54) is 6.42 Å². The summed E-state index contributed by atoms with van der Waals surface area (Å²) >= 11 is 0. The van der Waals surface area contributed by atoms with Gasteiger partial charge >= 0.3 is 0 Å². The van der Waals surface area contributed by atoms with Crippen molar-refractivity contribution in [1.82, 2.24) is 10.6 Å². The smallest absolute Gasteiger partial charge is 0.223 e. The first-order valence-electron chi connectivity index (χ1n) is 7.44. The highest BCUT2D eigenvalue weighted by molar-refractivity contribution is 5.85. The molecule has 0 bridgehead atoms. The van der Waals surface area contributed by atoms with Gasteiger partial charge in [0.1, 0.15) is 5.75 Å². The summed E-state index contributed by atoms with van der Waals surface area (Å²) in [5.41, 5.74) is 0. The molecular formula is C16H25ClN2O2. The Balaban J connectivity index is 0.00000220. The molecule has 2 rings (SSSR count). The Bertz CT molecular complexity index is 408. The van der Waals surface area contributed by atoms with E-state index in [0.29, 0.717) is 12.6 Å². The number of benzene rings is 1. The number of carbonyl (C=O) groups excluding carboxylic acids is 1. The molecule has 0 aromatic heterocycles. The van der Waals surface area contributed by atoms with Crippen molar-refractivity contribution in [3.05, 3.63) is 30.3 Å². The van der Waals surface area contributed by atoms with Crippen LogP contribution in [-0.2, 0) is 4.79 Å². The van der Waals surface area contributed by atoms with Gasteiger partial charge in [0.25, 0.3) is 0 Å². The van der Waals surface area contributed by atoms with Crippen LogP contribution in [0.2, 0.25) is 0 Å². The lowest BCUT2D eigenvalue weighted by molar-refractivity contribution is -0.124. The minimum atomic E-state index is -0.0138. The first-order chi connectivity index (χ1) is 9.75. The molecule has 0 spiro atoms. The maximum absolute atomic E-state index is 11.9. The first kappa shape index (κ1) is 17.8. The van der Waals surface area contributed by atoms with Gasteiger partial charge in [0, 0.05) is 18.5 Å². The van der Waals surface area contributed by atoms with E-state index in [1.54, 1.807) is 0 Å².